The summed E-state index contributed by atoms with van der Waals surface area (Å²) < 4.78 is 10.5. The Morgan fingerprint density at radius 1 is 1.04 bits per heavy atom. The highest BCUT2D eigenvalue weighted by Gasteiger charge is 2.32. The molecule has 0 spiro atoms. The average molecular weight is 319 g/mol. The highest BCUT2D eigenvalue weighted by molar-refractivity contribution is 6.09. The quantitative estimate of drug-likeness (QED) is 0.784. The zero-order valence-electron chi connectivity index (χ0n) is 14.2. The van der Waals surface area contributed by atoms with Gasteiger partial charge < -0.3 is 9.47 Å². The standard InChI is InChI=1S/C16H21N3O4/c1-15(2,3)22-13(20)19(14(21)23-16(4,5)6)12-7-11(8-17)9-18-10-12/h7,9-10H,1-6H3. The summed E-state index contributed by atoms with van der Waals surface area (Å²) in [6.07, 6.45) is 0.813. The fourth-order valence-corrected chi connectivity index (χ4v) is 1.51. The molecule has 2 amide bonds. The fraction of sp³-hybridized carbons (Fsp3) is 0.500. The summed E-state index contributed by atoms with van der Waals surface area (Å²) in [5, 5.41) is 8.95. The molecule has 23 heavy (non-hydrogen) atoms. The third-order valence-electron chi connectivity index (χ3n) is 2.26. The minimum absolute atomic E-state index is 0.104. The number of anilines is 1. The van der Waals surface area contributed by atoms with E-state index in [9.17, 15) is 9.59 Å². The van der Waals surface area contributed by atoms with Crippen LogP contribution in [-0.2, 0) is 9.47 Å². The van der Waals surface area contributed by atoms with Gasteiger partial charge in [0.25, 0.3) is 0 Å². The van der Waals surface area contributed by atoms with Gasteiger partial charge in [0.2, 0.25) is 0 Å². The largest absolute Gasteiger partial charge is 0.443 e. The molecule has 1 rings (SSSR count). The lowest BCUT2D eigenvalue weighted by molar-refractivity contribution is 0.0430. The molecule has 0 aliphatic heterocycles. The number of rotatable bonds is 1. The Kier molecular flexibility index (Phi) is 5.33. The predicted octanol–water partition coefficient (Wildman–Crippen LogP) is 3.63. The maximum absolute atomic E-state index is 12.4. The van der Waals surface area contributed by atoms with Gasteiger partial charge >= 0.3 is 12.2 Å². The van der Waals surface area contributed by atoms with E-state index >= 15 is 0 Å². The Balaban J connectivity index is 3.23. The van der Waals surface area contributed by atoms with Crippen molar-refractivity contribution < 1.29 is 19.1 Å². The first-order valence-electron chi connectivity index (χ1n) is 7.04. The van der Waals surface area contributed by atoms with E-state index in [-0.39, 0.29) is 11.3 Å². The van der Waals surface area contributed by atoms with Crippen LogP contribution in [0.4, 0.5) is 15.3 Å². The Bertz CT molecular complexity index is 608. The Labute approximate surface area is 135 Å². The van der Waals surface area contributed by atoms with Crippen molar-refractivity contribution in [2.75, 3.05) is 4.90 Å². The van der Waals surface area contributed by atoms with Gasteiger partial charge in [-0.1, -0.05) is 0 Å². The summed E-state index contributed by atoms with van der Waals surface area (Å²) in [5.74, 6) is 0. The van der Waals surface area contributed by atoms with Crippen molar-refractivity contribution in [1.29, 1.82) is 5.26 Å². The summed E-state index contributed by atoms with van der Waals surface area (Å²) in [5.41, 5.74) is -1.28. The van der Waals surface area contributed by atoms with E-state index in [1.807, 2.05) is 6.07 Å². The van der Waals surface area contributed by atoms with Crippen molar-refractivity contribution in [2.24, 2.45) is 0 Å². The van der Waals surface area contributed by atoms with Crippen LogP contribution < -0.4 is 4.90 Å². The molecule has 0 saturated heterocycles. The normalized spacial score (nSPS) is 11.3. The lowest BCUT2D eigenvalue weighted by Gasteiger charge is -2.28. The molecule has 0 aliphatic carbocycles. The van der Waals surface area contributed by atoms with Gasteiger partial charge in [-0.25, -0.2) is 9.59 Å². The first kappa shape index (κ1) is 18.4. The number of hydrogen-bond acceptors (Lipinski definition) is 6. The molecular weight excluding hydrogens is 298 g/mol. The van der Waals surface area contributed by atoms with Gasteiger partial charge in [0, 0.05) is 6.20 Å². The number of hydrogen-bond donors (Lipinski definition) is 0. The molecule has 0 fully saturated rings. The van der Waals surface area contributed by atoms with Crippen molar-refractivity contribution in [3.63, 3.8) is 0 Å². The molecule has 0 aromatic carbocycles. The molecule has 0 unspecified atom stereocenters. The summed E-state index contributed by atoms with van der Waals surface area (Å²) in [4.78, 5) is 29.3. The summed E-state index contributed by atoms with van der Waals surface area (Å²) in [6.45, 7) is 10.1. The second-order valence-electron chi connectivity index (χ2n) is 6.84. The molecule has 1 heterocycles. The van der Waals surface area contributed by atoms with Gasteiger partial charge in [-0.3, -0.25) is 4.98 Å². The minimum Gasteiger partial charge on any atom is -0.443 e. The molecule has 1 aromatic heterocycles. The van der Waals surface area contributed by atoms with Gasteiger partial charge in [0.1, 0.15) is 17.3 Å². The Hall–Kier alpha value is -2.62. The van der Waals surface area contributed by atoms with Crippen molar-refractivity contribution in [3.8, 4) is 6.07 Å². The molecular formula is C16H21N3O4. The zero-order chi connectivity index (χ0) is 17.8. The number of carbonyl (C=O) groups excluding carboxylic acids is 2. The average Bonchev–Trinajstić information content (AvgIpc) is 2.34. The van der Waals surface area contributed by atoms with Crippen LogP contribution in [0.25, 0.3) is 0 Å². The Morgan fingerprint density at radius 3 is 1.91 bits per heavy atom. The van der Waals surface area contributed by atoms with Crippen LogP contribution in [0, 0.1) is 11.3 Å². The molecule has 0 atom stereocenters. The highest BCUT2D eigenvalue weighted by Crippen LogP contribution is 2.21. The van der Waals surface area contributed by atoms with E-state index in [0.29, 0.717) is 0 Å². The van der Waals surface area contributed by atoms with Gasteiger partial charge in [0.05, 0.1) is 17.4 Å². The summed E-state index contributed by atoms with van der Waals surface area (Å²) >= 11 is 0. The van der Waals surface area contributed by atoms with E-state index < -0.39 is 23.4 Å². The fourth-order valence-electron chi connectivity index (χ4n) is 1.51. The van der Waals surface area contributed by atoms with Gasteiger partial charge in [-0.05, 0) is 47.6 Å². The number of imide groups is 1. The number of aromatic nitrogens is 1. The summed E-state index contributed by atoms with van der Waals surface area (Å²) in [7, 11) is 0. The van der Waals surface area contributed by atoms with Crippen molar-refractivity contribution in [1.82, 2.24) is 4.98 Å². The zero-order valence-corrected chi connectivity index (χ0v) is 14.2. The number of nitrogens with zero attached hydrogens (tertiary/aromatic N) is 3. The SMILES string of the molecule is CC(C)(C)OC(=O)N(C(=O)OC(C)(C)C)c1cncc(C#N)c1. The number of amides is 2. The molecule has 0 N–H and O–H groups in total. The van der Waals surface area contributed by atoms with Gasteiger partial charge in [0.15, 0.2) is 0 Å². The van der Waals surface area contributed by atoms with Crippen molar-refractivity contribution >= 4 is 17.9 Å². The van der Waals surface area contributed by atoms with Crippen LogP contribution in [0.15, 0.2) is 18.5 Å². The first-order valence-corrected chi connectivity index (χ1v) is 7.04. The topological polar surface area (TPSA) is 92.5 Å². The number of ether oxygens (including phenoxy) is 2. The maximum Gasteiger partial charge on any atom is 0.424 e. The molecule has 7 nitrogen and oxygen atoms in total. The van der Waals surface area contributed by atoms with Crippen LogP contribution in [0.2, 0.25) is 0 Å². The van der Waals surface area contributed by atoms with Crippen molar-refractivity contribution in [2.45, 2.75) is 52.7 Å². The number of pyridine rings is 1. The van der Waals surface area contributed by atoms with Crippen molar-refractivity contribution in [3.05, 3.63) is 24.0 Å². The van der Waals surface area contributed by atoms with E-state index in [4.69, 9.17) is 14.7 Å². The van der Waals surface area contributed by atoms with Crippen LogP contribution in [0.5, 0.6) is 0 Å². The second-order valence-corrected chi connectivity index (χ2v) is 6.84. The van der Waals surface area contributed by atoms with Crippen LogP contribution >= 0.6 is 0 Å². The lowest BCUT2D eigenvalue weighted by Crippen LogP contribution is -2.43. The lowest BCUT2D eigenvalue weighted by atomic mass is 10.2. The van der Waals surface area contributed by atoms with Crippen LogP contribution in [-0.4, -0.2) is 28.4 Å². The smallest absolute Gasteiger partial charge is 0.424 e. The third-order valence-corrected chi connectivity index (χ3v) is 2.26. The van der Waals surface area contributed by atoms with E-state index in [1.165, 1.54) is 18.5 Å². The van der Waals surface area contributed by atoms with Crippen LogP contribution in [0.1, 0.15) is 47.1 Å². The number of nitriles is 1. The Morgan fingerprint density at radius 2 is 1.52 bits per heavy atom. The van der Waals surface area contributed by atoms with Gasteiger partial charge in [-0.2, -0.15) is 10.2 Å². The monoisotopic (exact) mass is 319 g/mol. The van der Waals surface area contributed by atoms with E-state index in [1.54, 1.807) is 41.5 Å². The van der Waals surface area contributed by atoms with Crippen LogP contribution in [0.3, 0.4) is 0 Å². The number of carbonyl (C=O) groups is 2. The molecule has 124 valence electrons. The van der Waals surface area contributed by atoms with E-state index in [2.05, 4.69) is 4.98 Å². The third kappa shape index (κ3) is 5.94. The highest BCUT2D eigenvalue weighted by atomic mass is 16.6. The summed E-state index contributed by atoms with van der Waals surface area (Å²) in [6, 6.07) is 3.27. The predicted molar refractivity (Wildman–Crippen MR) is 83.9 cm³/mol. The maximum atomic E-state index is 12.4. The molecule has 0 saturated carbocycles. The van der Waals surface area contributed by atoms with Gasteiger partial charge in [-0.15, -0.1) is 0 Å². The molecule has 0 radical (unpaired) electrons. The van der Waals surface area contributed by atoms with E-state index in [0.717, 1.165) is 4.90 Å². The molecule has 0 aliphatic rings. The minimum atomic E-state index is -0.899. The first-order chi connectivity index (χ1) is 10.4. The second kappa shape index (κ2) is 6.65. The molecule has 1 aromatic rings. The molecule has 0 bridgehead atoms. The molecule has 7 heteroatoms.